The summed E-state index contributed by atoms with van der Waals surface area (Å²) in [4.78, 5) is 47.6. The zero-order valence-corrected chi connectivity index (χ0v) is 22.5. The van der Waals surface area contributed by atoms with E-state index in [1.165, 1.54) is 9.80 Å². The lowest BCUT2D eigenvalue weighted by Gasteiger charge is -2.31. The molecule has 39 heavy (non-hydrogen) atoms. The summed E-state index contributed by atoms with van der Waals surface area (Å²) in [6.07, 6.45) is 1.18. The summed E-state index contributed by atoms with van der Waals surface area (Å²) >= 11 is 0. The van der Waals surface area contributed by atoms with Crippen LogP contribution < -0.4 is 5.32 Å². The molecule has 0 aliphatic carbocycles. The van der Waals surface area contributed by atoms with Crippen molar-refractivity contribution in [2.75, 3.05) is 18.9 Å². The van der Waals surface area contributed by atoms with Crippen LogP contribution in [0.1, 0.15) is 48.8 Å². The summed E-state index contributed by atoms with van der Waals surface area (Å²) in [7, 11) is 1.57. The number of likely N-dealkylation sites (tertiary alicyclic amines) is 1. The molecule has 1 fully saturated rings. The third-order valence-electron chi connectivity index (χ3n) is 7.63. The van der Waals surface area contributed by atoms with Crippen LogP contribution in [0.3, 0.4) is 0 Å². The van der Waals surface area contributed by atoms with E-state index in [0.717, 1.165) is 11.1 Å². The molecule has 1 N–H and O–H groups in total. The van der Waals surface area contributed by atoms with Gasteiger partial charge in [-0.05, 0) is 38.0 Å². The lowest BCUT2D eigenvalue weighted by molar-refractivity contribution is -0.136. The molecule has 200 valence electrons. The summed E-state index contributed by atoms with van der Waals surface area (Å²) < 4.78 is 1.61. The van der Waals surface area contributed by atoms with E-state index in [1.54, 1.807) is 17.9 Å². The number of likely N-dealkylation sites (N-methyl/N-ethyl adjacent to an activating group) is 1. The molecular formula is C29H31N7O3. The van der Waals surface area contributed by atoms with Crippen LogP contribution >= 0.6 is 0 Å². The Kier molecular flexibility index (Phi) is 6.46. The second kappa shape index (κ2) is 9.66. The van der Waals surface area contributed by atoms with Crippen LogP contribution in [0.4, 0.5) is 5.69 Å². The molecule has 10 heteroatoms. The van der Waals surface area contributed by atoms with Crippen LogP contribution in [-0.4, -0.2) is 68.3 Å². The number of rotatable bonds is 5. The minimum Gasteiger partial charge on any atom is -0.328 e. The van der Waals surface area contributed by atoms with Crippen LogP contribution in [0.25, 0.3) is 4.85 Å². The molecule has 2 aliphatic heterocycles. The molecule has 0 saturated carbocycles. The Bertz CT molecular complexity index is 1470. The first-order valence-corrected chi connectivity index (χ1v) is 12.9. The number of amides is 3. The molecule has 3 heterocycles. The van der Waals surface area contributed by atoms with Crippen molar-refractivity contribution in [3.63, 3.8) is 0 Å². The zero-order valence-electron chi connectivity index (χ0n) is 22.5. The van der Waals surface area contributed by atoms with Gasteiger partial charge in [-0.25, -0.2) is 11.3 Å². The van der Waals surface area contributed by atoms with Gasteiger partial charge in [-0.1, -0.05) is 53.7 Å². The van der Waals surface area contributed by atoms with E-state index in [4.69, 9.17) is 6.57 Å². The monoisotopic (exact) mass is 525 g/mol. The fraction of sp³-hybridized carbons (Fsp3) is 0.379. The number of aromatic nitrogens is 3. The molecule has 1 spiro atoms. The van der Waals surface area contributed by atoms with E-state index in [1.807, 2.05) is 75.4 Å². The molecular weight excluding hydrogens is 494 g/mol. The Morgan fingerprint density at radius 2 is 1.87 bits per heavy atom. The summed E-state index contributed by atoms with van der Waals surface area (Å²) in [5, 5.41) is 11.1. The van der Waals surface area contributed by atoms with Crippen molar-refractivity contribution in [2.45, 2.75) is 56.8 Å². The van der Waals surface area contributed by atoms with Crippen molar-refractivity contribution in [1.29, 1.82) is 0 Å². The van der Waals surface area contributed by atoms with E-state index in [2.05, 4.69) is 20.5 Å². The normalized spacial score (nSPS) is 20.8. The Morgan fingerprint density at radius 1 is 1.18 bits per heavy atom. The van der Waals surface area contributed by atoms with Crippen LogP contribution in [0.5, 0.6) is 0 Å². The Morgan fingerprint density at radius 3 is 2.54 bits per heavy atom. The first kappa shape index (κ1) is 26.1. The maximum Gasteiger partial charge on any atom is 0.302 e. The van der Waals surface area contributed by atoms with E-state index < -0.39 is 23.5 Å². The second-order valence-corrected chi connectivity index (χ2v) is 11.2. The van der Waals surface area contributed by atoms with Crippen LogP contribution in [0.2, 0.25) is 0 Å². The number of carbonyl (C=O) groups excluding carboxylic acids is 3. The fourth-order valence-electron chi connectivity index (χ4n) is 5.39. The van der Waals surface area contributed by atoms with Crippen LogP contribution in [0, 0.1) is 6.57 Å². The van der Waals surface area contributed by atoms with E-state index in [0.29, 0.717) is 5.69 Å². The summed E-state index contributed by atoms with van der Waals surface area (Å²) in [6, 6.07) is 15.9. The largest absolute Gasteiger partial charge is 0.328 e. The summed E-state index contributed by atoms with van der Waals surface area (Å²) in [5.74, 6) is -1.04. The van der Waals surface area contributed by atoms with Gasteiger partial charge < -0.3 is 10.2 Å². The van der Waals surface area contributed by atoms with Gasteiger partial charge in [0.1, 0.15) is 11.5 Å². The predicted octanol–water partition coefficient (Wildman–Crippen LogP) is 3.08. The Balaban J connectivity index is 1.48. The highest BCUT2D eigenvalue weighted by Crippen LogP contribution is 2.46. The molecule has 0 unspecified atom stereocenters. The number of para-hydroxylation sites is 1. The van der Waals surface area contributed by atoms with E-state index in [-0.39, 0.29) is 42.4 Å². The standard InChI is InChI=1S/C29H31N7O3/c1-28(2,3)36-17-22(32-33-36)25(37)34(5)23(15-19-11-7-6-8-12-19)26(38)35-18-29(16-24(35)30-4)20-13-9-10-14-21(20)31-27(29)39/h6-14,17,23-24H,15-16,18H2,1-3,5H3,(H,31,39)/t23-,24-,29-/m0/s1. The highest BCUT2D eigenvalue weighted by Gasteiger charge is 2.59. The van der Waals surface area contributed by atoms with Crippen LogP contribution in [-0.2, 0) is 27.0 Å². The lowest BCUT2D eigenvalue weighted by Crippen LogP contribution is -2.52. The minimum atomic E-state index is -1.00. The molecule has 1 saturated heterocycles. The van der Waals surface area contributed by atoms with Gasteiger partial charge >= 0.3 is 6.17 Å². The lowest BCUT2D eigenvalue weighted by atomic mass is 9.80. The fourth-order valence-corrected chi connectivity index (χ4v) is 5.39. The number of hydrogen-bond acceptors (Lipinski definition) is 5. The first-order valence-electron chi connectivity index (χ1n) is 12.9. The Hall–Kier alpha value is -4.52. The maximum atomic E-state index is 14.2. The molecule has 1 aromatic heterocycles. The van der Waals surface area contributed by atoms with Gasteiger partial charge in [-0.2, -0.15) is 0 Å². The van der Waals surface area contributed by atoms with Gasteiger partial charge in [-0.15, -0.1) is 5.10 Å². The molecule has 2 aliphatic rings. The van der Waals surface area contributed by atoms with Crippen molar-refractivity contribution >= 4 is 23.4 Å². The quantitative estimate of drug-likeness (QED) is 0.516. The SMILES string of the molecule is [C-]#[N+][C@@H]1C[C@@]2(CN1C(=O)[C@H](Cc1ccccc1)N(C)C(=O)c1cn(C(C)(C)C)nn1)C(=O)Nc1ccccc12. The third-order valence-corrected chi connectivity index (χ3v) is 7.63. The van der Waals surface area contributed by atoms with Crippen molar-refractivity contribution in [3.05, 3.63) is 89.0 Å². The molecule has 3 aromatic rings. The average Bonchev–Trinajstić information content (AvgIpc) is 3.64. The van der Waals surface area contributed by atoms with Crippen LogP contribution in [0.15, 0.2) is 60.8 Å². The molecule has 0 radical (unpaired) electrons. The second-order valence-electron chi connectivity index (χ2n) is 11.2. The third kappa shape index (κ3) is 4.54. The summed E-state index contributed by atoms with van der Waals surface area (Å²) in [5.41, 5.74) is 1.12. The molecule has 3 amide bonds. The van der Waals surface area contributed by atoms with Gasteiger partial charge in [-0.3, -0.25) is 24.1 Å². The van der Waals surface area contributed by atoms with Crippen molar-refractivity contribution < 1.29 is 14.4 Å². The highest BCUT2D eigenvalue weighted by atomic mass is 16.2. The number of nitrogens with zero attached hydrogens (tertiary/aromatic N) is 6. The van der Waals surface area contributed by atoms with Crippen molar-refractivity contribution in [1.82, 2.24) is 24.8 Å². The van der Waals surface area contributed by atoms with Gasteiger partial charge in [0, 0.05) is 25.7 Å². The average molecular weight is 526 g/mol. The number of anilines is 1. The highest BCUT2D eigenvalue weighted by molar-refractivity contribution is 6.07. The van der Waals surface area contributed by atoms with Gasteiger partial charge in [0.05, 0.1) is 18.2 Å². The van der Waals surface area contributed by atoms with Gasteiger partial charge in [0.25, 0.3) is 11.8 Å². The molecule has 3 atom stereocenters. The van der Waals surface area contributed by atoms with Gasteiger partial charge in [0.15, 0.2) is 5.69 Å². The molecule has 5 rings (SSSR count). The molecule has 0 bridgehead atoms. The topological polar surface area (TPSA) is 105 Å². The smallest absolute Gasteiger partial charge is 0.302 e. The van der Waals surface area contributed by atoms with Gasteiger partial charge in [0.2, 0.25) is 5.91 Å². The summed E-state index contributed by atoms with van der Waals surface area (Å²) in [6.45, 7) is 13.8. The van der Waals surface area contributed by atoms with Crippen molar-refractivity contribution in [3.8, 4) is 0 Å². The van der Waals surface area contributed by atoms with Crippen molar-refractivity contribution in [2.24, 2.45) is 0 Å². The van der Waals surface area contributed by atoms with E-state index >= 15 is 0 Å². The Labute approximate surface area is 227 Å². The number of carbonyl (C=O) groups is 3. The number of benzene rings is 2. The maximum absolute atomic E-state index is 14.2. The van der Waals surface area contributed by atoms with E-state index in [9.17, 15) is 14.4 Å². The molecule has 2 aromatic carbocycles. The number of fused-ring (bicyclic) bond motifs is 2. The number of nitrogens with one attached hydrogen (secondary N) is 1. The first-order chi connectivity index (χ1) is 18.5. The zero-order chi connectivity index (χ0) is 27.9. The molecule has 10 nitrogen and oxygen atoms in total. The number of hydrogen-bond donors (Lipinski definition) is 1. The predicted molar refractivity (Wildman–Crippen MR) is 145 cm³/mol. The minimum absolute atomic E-state index is 0.0647.